The summed E-state index contributed by atoms with van der Waals surface area (Å²) in [4.78, 5) is 13.0. The highest BCUT2D eigenvalue weighted by Crippen LogP contribution is 2.56. The highest BCUT2D eigenvalue weighted by molar-refractivity contribution is 5.84. The molecule has 3 aromatic rings. The molecule has 3 aromatic carbocycles. The van der Waals surface area contributed by atoms with Crippen molar-refractivity contribution in [3.8, 4) is 5.75 Å². The molecule has 4 unspecified atom stereocenters. The van der Waals surface area contributed by atoms with Gasteiger partial charge in [-0.15, -0.1) is 0 Å². The molecule has 182 valence electrons. The lowest BCUT2D eigenvalue weighted by atomic mass is 9.66. The maximum atomic E-state index is 9.93. The molecule has 5 nitrogen and oxygen atoms in total. The average molecular weight is 478 g/mol. The number of aliphatic hydroxyl groups is 1. The number of nitrogens with zero attached hydrogens (tertiary/aromatic N) is 3. The molecule has 4 atom stereocenters. The molecule has 0 radical (unpaired) electrons. The predicted octanol–water partition coefficient (Wildman–Crippen LogP) is 4.61. The predicted molar refractivity (Wildman–Crippen MR) is 141 cm³/mol. The van der Waals surface area contributed by atoms with Gasteiger partial charge in [0.1, 0.15) is 28.9 Å². The lowest BCUT2D eigenvalue weighted by Crippen LogP contribution is -2.55. The van der Waals surface area contributed by atoms with Gasteiger partial charge < -0.3 is 14.7 Å². The summed E-state index contributed by atoms with van der Waals surface area (Å²) < 4.78 is 6.10. The molecule has 5 heteroatoms. The van der Waals surface area contributed by atoms with Crippen molar-refractivity contribution in [1.29, 1.82) is 0 Å². The molecule has 36 heavy (non-hydrogen) atoms. The van der Waals surface area contributed by atoms with Gasteiger partial charge in [-0.05, 0) is 43.4 Å². The zero-order valence-electron chi connectivity index (χ0n) is 20.6. The van der Waals surface area contributed by atoms with Crippen LogP contribution in [-0.4, -0.2) is 29.5 Å². The fraction of sp³-hybridized carbons (Fsp3) is 0.355. The van der Waals surface area contributed by atoms with Gasteiger partial charge in [-0.1, -0.05) is 73.2 Å². The second kappa shape index (κ2) is 8.04. The van der Waals surface area contributed by atoms with Crippen LogP contribution in [0.2, 0.25) is 0 Å². The Balaban J connectivity index is 1.49. The topological polar surface area (TPSA) is 57.4 Å². The Labute approximate surface area is 211 Å². The number of aliphatic hydroxyl groups excluding tert-OH is 1. The van der Waals surface area contributed by atoms with Crippen molar-refractivity contribution in [2.24, 2.45) is 15.9 Å². The number of anilines is 1. The van der Waals surface area contributed by atoms with Crippen LogP contribution in [0.4, 0.5) is 5.69 Å². The minimum Gasteiger partial charge on any atom is -0.489 e. The van der Waals surface area contributed by atoms with Crippen molar-refractivity contribution in [2.75, 3.05) is 18.1 Å². The summed E-state index contributed by atoms with van der Waals surface area (Å²) in [7, 11) is 0. The Morgan fingerprint density at radius 2 is 1.75 bits per heavy atom. The largest absolute Gasteiger partial charge is 0.489 e. The minimum atomic E-state index is -0.625. The van der Waals surface area contributed by atoms with Crippen LogP contribution in [0.3, 0.4) is 0 Å². The molecule has 1 spiro atoms. The third kappa shape index (κ3) is 3.19. The van der Waals surface area contributed by atoms with Crippen LogP contribution in [0.25, 0.3) is 5.70 Å². The van der Waals surface area contributed by atoms with Gasteiger partial charge >= 0.3 is 0 Å². The Hall–Kier alpha value is -3.44. The first kappa shape index (κ1) is 21.8. The minimum absolute atomic E-state index is 0.0441. The third-order valence-electron chi connectivity index (χ3n) is 8.44. The van der Waals surface area contributed by atoms with Crippen LogP contribution in [0.15, 0.2) is 88.9 Å². The van der Waals surface area contributed by atoms with E-state index in [1.165, 1.54) is 23.2 Å². The molecule has 4 aliphatic rings. The SMILES string of the molecule is CC1(CO)COc2cc3c(cc2=N1)N1C(c2ccccc2)=CC(c2ccccc2)C2CCCCC21N=3. The summed E-state index contributed by atoms with van der Waals surface area (Å²) in [5.41, 5.74) is 3.92. The molecule has 0 saturated heterocycles. The van der Waals surface area contributed by atoms with E-state index in [-0.39, 0.29) is 12.3 Å². The fourth-order valence-electron chi connectivity index (χ4n) is 6.71. The Morgan fingerprint density at radius 1 is 0.972 bits per heavy atom. The standard InChI is InChI=1S/C31H31N3O2/c1-30(19-35)20-36-29-18-25-28(17-26(29)32-30)34-27(22-12-6-3-7-13-22)16-23(21-10-4-2-5-11-21)24-14-8-9-15-31(24,34)33-25/h2-7,10-13,16-18,23-24,35H,8-9,14-15,19-20H2,1H3. The van der Waals surface area contributed by atoms with Gasteiger partial charge in [0.05, 0.1) is 17.7 Å². The van der Waals surface area contributed by atoms with E-state index in [1.54, 1.807) is 0 Å². The van der Waals surface area contributed by atoms with Gasteiger partial charge in [-0.2, -0.15) is 0 Å². The lowest BCUT2D eigenvalue weighted by Gasteiger charge is -2.53. The smallest absolute Gasteiger partial charge is 0.146 e. The van der Waals surface area contributed by atoms with E-state index < -0.39 is 5.54 Å². The van der Waals surface area contributed by atoms with Gasteiger partial charge in [0.25, 0.3) is 0 Å². The van der Waals surface area contributed by atoms with Crippen LogP contribution in [0.1, 0.15) is 49.7 Å². The van der Waals surface area contributed by atoms with E-state index in [2.05, 4.69) is 83.8 Å². The lowest BCUT2D eigenvalue weighted by molar-refractivity contribution is 0.132. The number of fused-ring (bicyclic) bond motifs is 3. The van der Waals surface area contributed by atoms with E-state index >= 15 is 0 Å². The first-order chi connectivity index (χ1) is 17.6. The van der Waals surface area contributed by atoms with E-state index in [0.717, 1.165) is 41.4 Å². The molecule has 0 bridgehead atoms. The van der Waals surface area contributed by atoms with Gasteiger partial charge in [0.15, 0.2) is 0 Å². The number of hydrogen-bond acceptors (Lipinski definition) is 5. The molecule has 3 heterocycles. The summed E-state index contributed by atoms with van der Waals surface area (Å²) in [6, 6.07) is 25.9. The van der Waals surface area contributed by atoms with Crippen molar-refractivity contribution in [1.82, 2.24) is 0 Å². The quantitative estimate of drug-likeness (QED) is 0.599. The third-order valence-corrected chi connectivity index (χ3v) is 8.44. The summed E-state index contributed by atoms with van der Waals surface area (Å²) in [6.45, 7) is 2.27. The van der Waals surface area contributed by atoms with Crippen molar-refractivity contribution in [2.45, 2.75) is 49.7 Å². The van der Waals surface area contributed by atoms with E-state index in [0.29, 0.717) is 18.4 Å². The highest BCUT2D eigenvalue weighted by Gasteiger charge is 2.55. The van der Waals surface area contributed by atoms with Crippen molar-refractivity contribution < 1.29 is 9.84 Å². The van der Waals surface area contributed by atoms with Crippen molar-refractivity contribution in [3.05, 3.63) is 101 Å². The van der Waals surface area contributed by atoms with E-state index in [1.807, 2.05) is 6.92 Å². The summed E-state index contributed by atoms with van der Waals surface area (Å²) in [6.07, 6.45) is 7.05. The number of hydrogen-bond donors (Lipinski definition) is 1. The molecule has 0 aromatic heterocycles. The van der Waals surface area contributed by atoms with Crippen molar-refractivity contribution in [3.63, 3.8) is 0 Å². The summed E-state index contributed by atoms with van der Waals surface area (Å²) in [5.74, 6) is 1.44. The van der Waals surface area contributed by atoms with Crippen LogP contribution in [-0.2, 0) is 0 Å². The fourth-order valence-corrected chi connectivity index (χ4v) is 6.71. The molecular formula is C31H31N3O2. The number of benzene rings is 3. The van der Waals surface area contributed by atoms with E-state index in [9.17, 15) is 5.11 Å². The van der Waals surface area contributed by atoms with Gasteiger partial charge in [-0.3, -0.25) is 9.98 Å². The molecular weight excluding hydrogens is 446 g/mol. The average Bonchev–Trinajstić information content (AvgIpc) is 3.24. The van der Waals surface area contributed by atoms with Crippen LogP contribution >= 0.6 is 0 Å². The number of ether oxygens (including phenoxy) is 1. The van der Waals surface area contributed by atoms with E-state index in [4.69, 9.17) is 14.7 Å². The number of allylic oxidation sites excluding steroid dienone is 1. The maximum Gasteiger partial charge on any atom is 0.146 e. The number of rotatable bonds is 3. The summed E-state index contributed by atoms with van der Waals surface area (Å²) in [5, 5.41) is 11.7. The molecule has 1 saturated carbocycles. The van der Waals surface area contributed by atoms with Gasteiger partial charge in [-0.25, -0.2) is 0 Å². The van der Waals surface area contributed by atoms with Crippen LogP contribution < -0.4 is 20.4 Å². The first-order valence-electron chi connectivity index (χ1n) is 13.1. The molecule has 3 aliphatic heterocycles. The Bertz CT molecular complexity index is 1470. The Morgan fingerprint density at radius 3 is 2.53 bits per heavy atom. The van der Waals surface area contributed by atoms with Crippen LogP contribution in [0.5, 0.6) is 5.75 Å². The molecule has 1 N–H and O–H groups in total. The zero-order valence-corrected chi connectivity index (χ0v) is 20.6. The first-order valence-corrected chi connectivity index (χ1v) is 13.1. The maximum absolute atomic E-state index is 9.93. The molecule has 7 rings (SSSR count). The molecule has 1 fully saturated rings. The van der Waals surface area contributed by atoms with Gasteiger partial charge in [0.2, 0.25) is 0 Å². The molecule has 1 aliphatic carbocycles. The second-order valence-corrected chi connectivity index (χ2v) is 10.9. The highest BCUT2D eigenvalue weighted by atomic mass is 16.5. The Kier molecular flexibility index (Phi) is 4.87. The second-order valence-electron chi connectivity index (χ2n) is 10.9. The normalized spacial score (nSPS) is 29.9. The molecule has 0 amide bonds. The van der Waals surface area contributed by atoms with Crippen molar-refractivity contribution >= 4 is 11.4 Å². The van der Waals surface area contributed by atoms with Gasteiger partial charge in [0, 0.05) is 23.6 Å². The monoisotopic (exact) mass is 477 g/mol. The van der Waals surface area contributed by atoms with Crippen LogP contribution in [0, 0.1) is 5.92 Å². The zero-order chi connectivity index (χ0) is 24.3. The summed E-state index contributed by atoms with van der Waals surface area (Å²) >= 11 is 0.